The molecular formula is C25H33ClO6. The first-order chi connectivity index (χ1) is 16.8. The average Bonchev–Trinajstić information content (AvgIpc) is 2.99. The number of allylic oxidation sites excluding steroid dienone is 4. The summed E-state index contributed by atoms with van der Waals surface area (Å²) in [5.41, 5.74) is -3.12. The Bertz CT molecular complexity index is 1100. The van der Waals surface area contributed by atoms with Gasteiger partial charge in [0.1, 0.15) is 5.60 Å². The zero-order valence-electron chi connectivity index (χ0n) is 23.5. The molecule has 0 aromatic rings. The van der Waals surface area contributed by atoms with E-state index in [4.69, 9.17) is 23.2 Å². The number of hydrogen-bond donors (Lipinski definition) is 2. The molecule has 7 heteroatoms. The summed E-state index contributed by atoms with van der Waals surface area (Å²) < 4.78 is 41.5. The smallest absolute Gasteiger partial charge is 0.305 e. The van der Waals surface area contributed by atoms with Crippen LogP contribution >= 0.6 is 11.6 Å². The van der Waals surface area contributed by atoms with Gasteiger partial charge in [-0.25, -0.2) is 0 Å². The second-order valence-corrected chi connectivity index (χ2v) is 10.9. The number of esters is 1. The molecule has 4 rings (SSSR count). The zero-order valence-corrected chi connectivity index (χ0v) is 19.2. The lowest BCUT2D eigenvalue weighted by atomic mass is 9.45. The minimum atomic E-state index is -3.32. The molecule has 8 unspecified atom stereocenters. The third-order valence-electron chi connectivity index (χ3n) is 9.08. The van der Waals surface area contributed by atoms with Crippen molar-refractivity contribution in [3.63, 3.8) is 0 Å². The van der Waals surface area contributed by atoms with Crippen LogP contribution in [0.25, 0.3) is 0 Å². The van der Waals surface area contributed by atoms with Crippen LogP contribution in [0.15, 0.2) is 23.8 Å². The van der Waals surface area contributed by atoms with Gasteiger partial charge in [-0.2, -0.15) is 0 Å². The summed E-state index contributed by atoms with van der Waals surface area (Å²) in [7, 11) is 0. The first kappa shape index (κ1) is 17.9. The molecule has 32 heavy (non-hydrogen) atoms. The number of hydrogen-bond acceptors (Lipinski definition) is 6. The third kappa shape index (κ3) is 2.82. The van der Waals surface area contributed by atoms with Crippen LogP contribution in [0, 0.1) is 28.6 Å². The second kappa shape index (κ2) is 7.51. The molecule has 0 aromatic heterocycles. The molecule has 0 amide bonds. The largest absolute Gasteiger partial charge is 0.458 e. The highest BCUT2D eigenvalue weighted by Crippen LogP contribution is 2.71. The standard InChI is InChI=1S/C25H33ClO6/c1-5-21(30)32-13-20(29)25(31)14(2)10-18-17-7-6-15-11-16(27)8-9-22(15,3)24(17,26)19(28)12-23(18,25)4/h8-9,11,14,17-19,28,31H,5-7,10,12-13H2,1-4H3/i1D3,5D2. The molecule has 0 saturated heterocycles. The topological polar surface area (TPSA) is 101 Å². The van der Waals surface area contributed by atoms with E-state index in [0.717, 1.165) is 5.57 Å². The van der Waals surface area contributed by atoms with E-state index in [1.165, 1.54) is 6.08 Å². The van der Waals surface area contributed by atoms with Gasteiger partial charge in [0.25, 0.3) is 0 Å². The first-order valence-electron chi connectivity index (χ1n) is 13.5. The van der Waals surface area contributed by atoms with E-state index < -0.39 is 64.9 Å². The van der Waals surface area contributed by atoms with Crippen LogP contribution in [0.4, 0.5) is 0 Å². The van der Waals surface area contributed by atoms with Crippen molar-refractivity contribution in [3.8, 4) is 0 Å². The van der Waals surface area contributed by atoms with E-state index in [-0.39, 0.29) is 24.0 Å². The van der Waals surface area contributed by atoms with Crippen molar-refractivity contribution in [1.29, 1.82) is 0 Å². The lowest BCUT2D eigenvalue weighted by Crippen LogP contribution is -2.69. The number of fused-ring (bicyclic) bond motifs is 5. The normalized spacial score (nSPS) is 50.4. The fraction of sp³-hybridized carbons (Fsp3) is 0.720. The van der Waals surface area contributed by atoms with Crippen molar-refractivity contribution in [2.24, 2.45) is 28.6 Å². The zero-order chi connectivity index (χ0) is 28.0. The molecule has 176 valence electrons. The molecule has 8 atom stereocenters. The maximum atomic E-state index is 13.4. The third-order valence-corrected chi connectivity index (χ3v) is 10.0. The summed E-state index contributed by atoms with van der Waals surface area (Å²) in [4.78, 5) is 36.5. The fourth-order valence-corrected chi connectivity index (χ4v) is 7.94. The van der Waals surface area contributed by atoms with Crippen LogP contribution in [0.3, 0.4) is 0 Å². The van der Waals surface area contributed by atoms with Crippen molar-refractivity contribution in [2.45, 2.75) is 76.3 Å². The van der Waals surface area contributed by atoms with Gasteiger partial charge in [0, 0.05) is 24.1 Å². The Morgan fingerprint density at radius 1 is 1.38 bits per heavy atom. The van der Waals surface area contributed by atoms with E-state index in [1.807, 2.05) is 6.92 Å². The molecule has 0 radical (unpaired) electrons. The molecule has 6 nitrogen and oxygen atoms in total. The van der Waals surface area contributed by atoms with Gasteiger partial charge in [-0.15, -0.1) is 11.6 Å². The molecule has 0 heterocycles. The van der Waals surface area contributed by atoms with Crippen LogP contribution in [-0.4, -0.2) is 50.9 Å². The molecule has 3 saturated carbocycles. The Labute approximate surface area is 201 Å². The van der Waals surface area contributed by atoms with Gasteiger partial charge in [0.15, 0.2) is 12.4 Å². The molecule has 0 bridgehead atoms. The Morgan fingerprint density at radius 3 is 2.78 bits per heavy atom. The van der Waals surface area contributed by atoms with E-state index >= 15 is 0 Å². The van der Waals surface area contributed by atoms with Crippen molar-refractivity contribution in [1.82, 2.24) is 0 Å². The van der Waals surface area contributed by atoms with Crippen LogP contribution in [0.5, 0.6) is 0 Å². The highest BCUT2D eigenvalue weighted by Gasteiger charge is 2.74. The van der Waals surface area contributed by atoms with Crippen molar-refractivity contribution in [2.75, 3.05) is 6.61 Å². The Hall–Kier alpha value is -1.50. The summed E-state index contributed by atoms with van der Waals surface area (Å²) in [6.07, 6.45) is 1.82. The number of aliphatic hydroxyl groups excluding tert-OH is 1. The van der Waals surface area contributed by atoms with E-state index in [0.29, 0.717) is 19.3 Å². The summed E-state index contributed by atoms with van der Waals surface area (Å²) in [6, 6.07) is 0. The Balaban J connectivity index is 1.64. The molecule has 4 aliphatic rings. The monoisotopic (exact) mass is 469 g/mol. The van der Waals surface area contributed by atoms with Gasteiger partial charge in [-0.05, 0) is 55.6 Å². The van der Waals surface area contributed by atoms with Gasteiger partial charge >= 0.3 is 5.97 Å². The second-order valence-electron chi connectivity index (χ2n) is 10.3. The maximum absolute atomic E-state index is 13.4. The number of ether oxygens (including phenoxy) is 1. The van der Waals surface area contributed by atoms with E-state index in [9.17, 15) is 24.6 Å². The summed E-state index contributed by atoms with van der Waals surface area (Å²) >= 11 is 7.35. The number of Topliss-reactive ketones (excluding diaryl/α,β-unsaturated/α-hetero) is 1. The van der Waals surface area contributed by atoms with Crippen LogP contribution in [0.2, 0.25) is 0 Å². The van der Waals surface area contributed by atoms with Gasteiger partial charge in [-0.3, -0.25) is 14.4 Å². The van der Waals surface area contributed by atoms with E-state index in [1.54, 1.807) is 26.0 Å². The van der Waals surface area contributed by atoms with Crippen molar-refractivity contribution >= 4 is 29.1 Å². The van der Waals surface area contributed by atoms with Crippen LogP contribution in [-0.2, 0) is 19.1 Å². The van der Waals surface area contributed by atoms with Crippen LogP contribution < -0.4 is 0 Å². The number of carbonyl (C=O) groups excluding carboxylic acids is 3. The lowest BCUT2D eigenvalue weighted by molar-refractivity contribution is -0.182. The highest BCUT2D eigenvalue weighted by molar-refractivity contribution is 6.26. The summed E-state index contributed by atoms with van der Waals surface area (Å²) in [5, 5.41) is 23.5. The number of halogens is 1. The Kier molecular flexibility index (Phi) is 4.20. The maximum Gasteiger partial charge on any atom is 0.305 e. The average molecular weight is 470 g/mol. The summed E-state index contributed by atoms with van der Waals surface area (Å²) in [5.74, 6) is -3.91. The SMILES string of the molecule is [2H]C([2H])([2H])C([2H])([2H])C(=O)OCC(=O)C1(O)C(C)CC2C3CCC4=CC(=O)C=CC4(C)C3(Cl)C(O)CC21C. The van der Waals surface area contributed by atoms with E-state index in [2.05, 4.69) is 0 Å². The lowest BCUT2D eigenvalue weighted by Gasteiger charge is -2.63. The molecule has 0 aliphatic heterocycles. The predicted molar refractivity (Wildman–Crippen MR) is 119 cm³/mol. The number of rotatable bonds is 4. The van der Waals surface area contributed by atoms with Gasteiger partial charge in [-0.1, -0.05) is 39.3 Å². The number of alkyl halides is 1. The minimum absolute atomic E-state index is 0.0288. The van der Waals surface area contributed by atoms with Crippen molar-refractivity contribution in [3.05, 3.63) is 23.8 Å². The number of ketones is 2. The molecule has 2 N–H and O–H groups in total. The van der Waals surface area contributed by atoms with Gasteiger partial charge in [0.05, 0.1) is 11.0 Å². The number of aliphatic hydroxyl groups is 2. The molecular weight excluding hydrogens is 432 g/mol. The molecule has 0 spiro atoms. The van der Waals surface area contributed by atoms with Crippen LogP contribution in [0.1, 0.15) is 66.5 Å². The van der Waals surface area contributed by atoms with Crippen molar-refractivity contribution < 1.29 is 36.2 Å². The minimum Gasteiger partial charge on any atom is -0.458 e. The quantitative estimate of drug-likeness (QED) is 0.484. The highest BCUT2D eigenvalue weighted by atomic mass is 35.5. The molecule has 0 aromatic carbocycles. The summed E-state index contributed by atoms with van der Waals surface area (Å²) in [6.45, 7) is 1.03. The number of carbonyl (C=O) groups is 3. The molecule has 4 aliphatic carbocycles. The van der Waals surface area contributed by atoms with Gasteiger partial charge < -0.3 is 14.9 Å². The van der Waals surface area contributed by atoms with Gasteiger partial charge in [0.2, 0.25) is 5.78 Å². The predicted octanol–water partition coefficient (Wildman–Crippen LogP) is 3.13. The first-order valence-corrected chi connectivity index (χ1v) is 11.4. The Morgan fingerprint density at radius 2 is 2.09 bits per heavy atom. The fourth-order valence-electron chi connectivity index (χ4n) is 7.42. The molecule has 3 fully saturated rings.